The van der Waals surface area contributed by atoms with Crippen LogP contribution in [0.2, 0.25) is 0 Å². The standard InChI is InChI=1S/C29H36F2N2O3/c1-17(2)20-5-4-6-23(10-20)29(14-21-11-26(35)12-22(21)15-29)32-16-28(36)27(33-18(3)34)9-19-7-24(30)13-25(31)8-19/h4-8,10,13,17,21-22,27-28,32,36H,9,11-12,14-16H2,1-3H3,(H,33,34). The Hall–Kier alpha value is -2.64. The number of fused-ring (bicyclic) bond motifs is 1. The molecule has 4 rings (SSSR count). The van der Waals surface area contributed by atoms with E-state index in [0.717, 1.165) is 24.5 Å². The molecular formula is C29H36F2N2O3. The van der Waals surface area contributed by atoms with Crippen molar-refractivity contribution in [2.45, 2.75) is 76.5 Å². The number of hydrogen-bond donors (Lipinski definition) is 3. The van der Waals surface area contributed by atoms with Crippen molar-refractivity contribution in [1.82, 2.24) is 10.6 Å². The van der Waals surface area contributed by atoms with Crippen LogP contribution in [-0.4, -0.2) is 35.5 Å². The highest BCUT2D eigenvalue weighted by molar-refractivity contribution is 5.81. The molecule has 36 heavy (non-hydrogen) atoms. The fourth-order valence-electron chi connectivity index (χ4n) is 6.10. The summed E-state index contributed by atoms with van der Waals surface area (Å²) in [6.07, 6.45) is 1.90. The summed E-state index contributed by atoms with van der Waals surface area (Å²) < 4.78 is 27.5. The van der Waals surface area contributed by atoms with Gasteiger partial charge in [0.1, 0.15) is 17.4 Å². The molecule has 3 N–H and O–H groups in total. The highest BCUT2D eigenvalue weighted by Gasteiger charge is 2.50. The quantitative estimate of drug-likeness (QED) is 0.480. The highest BCUT2D eigenvalue weighted by atomic mass is 19.1. The van der Waals surface area contributed by atoms with E-state index in [1.165, 1.54) is 24.6 Å². The van der Waals surface area contributed by atoms with Crippen LogP contribution in [0.1, 0.15) is 69.1 Å². The molecule has 4 atom stereocenters. The Kier molecular flexibility index (Phi) is 7.90. The maximum Gasteiger partial charge on any atom is 0.217 e. The molecule has 2 aliphatic rings. The van der Waals surface area contributed by atoms with Gasteiger partial charge in [-0.05, 0) is 65.8 Å². The molecule has 2 aromatic rings. The number of hydrogen-bond acceptors (Lipinski definition) is 4. The Labute approximate surface area is 211 Å². The van der Waals surface area contributed by atoms with E-state index in [-0.39, 0.29) is 18.9 Å². The van der Waals surface area contributed by atoms with Gasteiger partial charge in [0.25, 0.3) is 0 Å². The minimum absolute atomic E-state index is 0.0900. The van der Waals surface area contributed by atoms with E-state index >= 15 is 0 Å². The number of aliphatic hydroxyl groups is 1. The lowest BCUT2D eigenvalue weighted by molar-refractivity contribution is -0.120. The van der Waals surface area contributed by atoms with Crippen molar-refractivity contribution in [1.29, 1.82) is 0 Å². The summed E-state index contributed by atoms with van der Waals surface area (Å²) in [5.41, 5.74) is 2.34. The Balaban J connectivity index is 1.56. The van der Waals surface area contributed by atoms with Crippen LogP contribution in [0.15, 0.2) is 42.5 Å². The summed E-state index contributed by atoms with van der Waals surface area (Å²) in [4.78, 5) is 23.9. The number of rotatable bonds is 9. The molecule has 2 fully saturated rings. The molecule has 0 aromatic heterocycles. The summed E-state index contributed by atoms with van der Waals surface area (Å²) in [5, 5.41) is 17.5. The normalized spacial score (nSPS) is 25.1. The molecular weight excluding hydrogens is 462 g/mol. The van der Waals surface area contributed by atoms with Crippen molar-refractivity contribution in [3.63, 3.8) is 0 Å². The van der Waals surface area contributed by atoms with Gasteiger partial charge >= 0.3 is 0 Å². The molecule has 0 heterocycles. The second-order valence-electron chi connectivity index (χ2n) is 11.0. The Morgan fingerprint density at radius 2 is 1.72 bits per heavy atom. The largest absolute Gasteiger partial charge is 0.390 e. The van der Waals surface area contributed by atoms with Gasteiger partial charge in [0.2, 0.25) is 5.91 Å². The molecule has 4 unspecified atom stereocenters. The maximum absolute atomic E-state index is 13.7. The molecule has 0 aliphatic heterocycles. The van der Waals surface area contributed by atoms with Crippen molar-refractivity contribution in [2.75, 3.05) is 6.54 Å². The molecule has 2 aromatic carbocycles. The lowest BCUT2D eigenvalue weighted by Gasteiger charge is -2.35. The Morgan fingerprint density at radius 1 is 1.08 bits per heavy atom. The third-order valence-corrected chi connectivity index (χ3v) is 7.85. The number of benzene rings is 2. The molecule has 2 saturated carbocycles. The van der Waals surface area contributed by atoms with Crippen LogP contribution in [0.25, 0.3) is 0 Å². The van der Waals surface area contributed by atoms with Crippen LogP contribution in [-0.2, 0) is 21.5 Å². The molecule has 0 saturated heterocycles. The Morgan fingerprint density at radius 3 is 2.31 bits per heavy atom. The number of ketones is 1. The Bertz CT molecular complexity index is 1080. The molecule has 0 spiro atoms. The number of Topliss-reactive ketones (excluding diaryl/α,β-unsaturated/α-hetero) is 1. The summed E-state index contributed by atoms with van der Waals surface area (Å²) >= 11 is 0. The fourth-order valence-corrected chi connectivity index (χ4v) is 6.10. The van der Waals surface area contributed by atoms with E-state index in [0.29, 0.717) is 41.9 Å². The zero-order valence-electron chi connectivity index (χ0n) is 21.2. The van der Waals surface area contributed by atoms with E-state index in [9.17, 15) is 23.5 Å². The zero-order valence-corrected chi connectivity index (χ0v) is 21.2. The third kappa shape index (κ3) is 6.01. The van der Waals surface area contributed by atoms with Gasteiger partial charge in [-0.25, -0.2) is 8.78 Å². The van der Waals surface area contributed by atoms with Crippen LogP contribution < -0.4 is 10.6 Å². The molecule has 7 heteroatoms. The molecule has 0 bridgehead atoms. The smallest absolute Gasteiger partial charge is 0.217 e. The average molecular weight is 499 g/mol. The lowest BCUT2D eigenvalue weighted by atomic mass is 9.83. The van der Waals surface area contributed by atoms with E-state index in [2.05, 4.69) is 48.7 Å². The number of carbonyl (C=O) groups excluding carboxylic acids is 2. The van der Waals surface area contributed by atoms with Crippen LogP contribution in [0, 0.1) is 23.5 Å². The fraction of sp³-hybridized carbons (Fsp3) is 0.517. The van der Waals surface area contributed by atoms with Gasteiger partial charge in [0.15, 0.2) is 0 Å². The second kappa shape index (κ2) is 10.8. The summed E-state index contributed by atoms with van der Waals surface area (Å²) in [6, 6.07) is 11.0. The van der Waals surface area contributed by atoms with E-state index in [1.807, 2.05) is 0 Å². The molecule has 5 nitrogen and oxygen atoms in total. The molecule has 194 valence electrons. The molecule has 0 radical (unpaired) electrons. The van der Waals surface area contributed by atoms with Crippen LogP contribution in [0.3, 0.4) is 0 Å². The first-order chi connectivity index (χ1) is 17.0. The van der Waals surface area contributed by atoms with Gasteiger partial charge < -0.3 is 15.7 Å². The minimum Gasteiger partial charge on any atom is -0.390 e. The van der Waals surface area contributed by atoms with E-state index < -0.39 is 29.3 Å². The van der Waals surface area contributed by atoms with Crippen molar-refractivity contribution in [3.05, 3.63) is 70.8 Å². The van der Waals surface area contributed by atoms with Gasteiger partial charge in [-0.2, -0.15) is 0 Å². The monoisotopic (exact) mass is 498 g/mol. The zero-order chi connectivity index (χ0) is 26.0. The maximum atomic E-state index is 13.7. The topological polar surface area (TPSA) is 78.4 Å². The van der Waals surface area contributed by atoms with Crippen LogP contribution in [0.4, 0.5) is 8.78 Å². The van der Waals surface area contributed by atoms with Crippen molar-refractivity contribution < 1.29 is 23.5 Å². The summed E-state index contributed by atoms with van der Waals surface area (Å²) in [5.74, 6) is -0.416. The van der Waals surface area contributed by atoms with Gasteiger partial charge in [-0.15, -0.1) is 0 Å². The number of carbonyl (C=O) groups is 2. The third-order valence-electron chi connectivity index (χ3n) is 7.85. The van der Waals surface area contributed by atoms with Crippen molar-refractivity contribution in [3.8, 4) is 0 Å². The first-order valence-electron chi connectivity index (χ1n) is 12.8. The van der Waals surface area contributed by atoms with Crippen LogP contribution >= 0.6 is 0 Å². The SMILES string of the molecule is CC(=O)NC(Cc1cc(F)cc(F)c1)C(O)CNC1(c2cccc(C(C)C)c2)CC2CC(=O)CC2C1. The van der Waals surface area contributed by atoms with Gasteiger partial charge in [0, 0.05) is 37.9 Å². The van der Waals surface area contributed by atoms with Crippen molar-refractivity contribution >= 4 is 11.7 Å². The number of nitrogens with one attached hydrogen (secondary N) is 2. The average Bonchev–Trinajstić information content (AvgIpc) is 3.31. The van der Waals surface area contributed by atoms with Gasteiger partial charge in [0.05, 0.1) is 12.1 Å². The lowest BCUT2D eigenvalue weighted by Crippen LogP contribution is -2.52. The molecule has 2 aliphatic carbocycles. The minimum atomic E-state index is -0.993. The number of halogens is 2. The second-order valence-corrected chi connectivity index (χ2v) is 11.0. The number of amides is 1. The molecule has 1 amide bonds. The van der Waals surface area contributed by atoms with E-state index in [1.54, 1.807) is 0 Å². The predicted octanol–water partition coefficient (Wildman–Crippen LogP) is 4.37. The first kappa shape index (κ1) is 26.4. The highest BCUT2D eigenvalue weighted by Crippen LogP contribution is 2.52. The summed E-state index contributed by atoms with van der Waals surface area (Å²) in [6.45, 7) is 5.84. The predicted molar refractivity (Wildman–Crippen MR) is 134 cm³/mol. The summed E-state index contributed by atoms with van der Waals surface area (Å²) in [7, 11) is 0. The van der Waals surface area contributed by atoms with E-state index in [4.69, 9.17) is 0 Å². The first-order valence-corrected chi connectivity index (χ1v) is 12.8. The van der Waals surface area contributed by atoms with Crippen molar-refractivity contribution in [2.24, 2.45) is 11.8 Å². The van der Waals surface area contributed by atoms with Crippen LogP contribution in [0.5, 0.6) is 0 Å². The number of aliphatic hydroxyl groups excluding tert-OH is 1. The van der Waals surface area contributed by atoms with Gasteiger partial charge in [-0.1, -0.05) is 38.1 Å². The van der Waals surface area contributed by atoms with Gasteiger partial charge in [-0.3, -0.25) is 9.59 Å².